The lowest BCUT2D eigenvalue weighted by molar-refractivity contribution is -0.170. The van der Waals surface area contributed by atoms with Crippen LogP contribution in [0.3, 0.4) is 0 Å². The van der Waals surface area contributed by atoms with Crippen molar-refractivity contribution in [2.45, 2.75) is 38.8 Å². The maximum Gasteiger partial charge on any atom is 0.240 e. The quantitative estimate of drug-likeness (QED) is 0.687. The van der Waals surface area contributed by atoms with Gasteiger partial charge in [-0.25, -0.2) is 0 Å². The maximum atomic E-state index is 11.6. The zero-order valence-corrected chi connectivity index (χ0v) is 9.39. The average molecular weight is 200 g/mol. The van der Waals surface area contributed by atoms with Crippen molar-refractivity contribution in [3.63, 3.8) is 0 Å². The summed E-state index contributed by atoms with van der Waals surface area (Å²) in [5.74, 6) is -0.0987. The van der Waals surface area contributed by atoms with Crippen LogP contribution >= 0.6 is 0 Å². The Morgan fingerprint density at radius 1 is 1.64 bits per heavy atom. The fourth-order valence-electron chi connectivity index (χ4n) is 2.04. The minimum absolute atomic E-state index is 0.0924. The number of nitrogens with one attached hydrogen (secondary N) is 1. The lowest BCUT2D eigenvalue weighted by Crippen LogP contribution is -2.75. The Kier molecular flexibility index (Phi) is 2.88. The van der Waals surface area contributed by atoms with Crippen LogP contribution in [0.4, 0.5) is 0 Å². The van der Waals surface area contributed by atoms with E-state index in [1.807, 2.05) is 20.8 Å². The van der Waals surface area contributed by atoms with Crippen LogP contribution in [0.5, 0.6) is 0 Å². The number of carbonyl (C=O) groups is 1. The van der Waals surface area contributed by atoms with Gasteiger partial charge in [-0.1, -0.05) is 13.8 Å². The zero-order valence-electron chi connectivity index (χ0n) is 9.39. The van der Waals surface area contributed by atoms with Gasteiger partial charge in [0.25, 0.3) is 0 Å². The van der Waals surface area contributed by atoms with Gasteiger partial charge in [-0.15, -0.1) is 0 Å². The number of amides is 1. The van der Waals surface area contributed by atoms with Crippen LogP contribution in [-0.4, -0.2) is 31.2 Å². The summed E-state index contributed by atoms with van der Waals surface area (Å²) in [6.45, 7) is 6.57. The van der Waals surface area contributed by atoms with E-state index in [1.165, 1.54) is 0 Å². The predicted molar refractivity (Wildman–Crippen MR) is 54.8 cm³/mol. The van der Waals surface area contributed by atoms with E-state index in [4.69, 9.17) is 10.5 Å². The van der Waals surface area contributed by atoms with Gasteiger partial charge in [0.15, 0.2) is 0 Å². The molecule has 0 saturated heterocycles. The van der Waals surface area contributed by atoms with Crippen molar-refractivity contribution < 1.29 is 9.53 Å². The van der Waals surface area contributed by atoms with Gasteiger partial charge in [0.2, 0.25) is 5.91 Å². The van der Waals surface area contributed by atoms with Crippen molar-refractivity contribution in [3.05, 3.63) is 0 Å². The molecule has 0 aromatic rings. The lowest BCUT2D eigenvalue weighted by atomic mass is 9.54. The maximum absolute atomic E-state index is 11.6. The Labute approximate surface area is 85.2 Å². The average Bonchev–Trinajstić information content (AvgIpc) is 2.16. The topological polar surface area (TPSA) is 64.3 Å². The van der Waals surface area contributed by atoms with Crippen molar-refractivity contribution in [2.75, 3.05) is 13.7 Å². The van der Waals surface area contributed by atoms with E-state index in [0.717, 1.165) is 0 Å². The molecule has 3 N–H and O–H groups in total. The van der Waals surface area contributed by atoms with E-state index in [-0.39, 0.29) is 17.4 Å². The minimum atomic E-state index is -0.776. The number of likely N-dealkylation sites (N-methyl/N-ethyl adjacent to an activating group) is 1. The summed E-state index contributed by atoms with van der Waals surface area (Å²) >= 11 is 0. The predicted octanol–water partition coefficient (Wildman–Crippen LogP) is 0.265. The van der Waals surface area contributed by atoms with Crippen molar-refractivity contribution in [1.29, 1.82) is 0 Å². The van der Waals surface area contributed by atoms with Crippen LogP contribution in [0.25, 0.3) is 0 Å². The second-order valence-corrected chi connectivity index (χ2v) is 4.42. The minimum Gasteiger partial charge on any atom is -0.378 e. The number of carbonyl (C=O) groups excluding carboxylic acids is 1. The van der Waals surface area contributed by atoms with Crippen LogP contribution < -0.4 is 11.1 Å². The number of nitrogens with two attached hydrogens (primary N) is 1. The molecule has 2 atom stereocenters. The van der Waals surface area contributed by atoms with E-state index in [2.05, 4.69) is 5.32 Å². The summed E-state index contributed by atoms with van der Waals surface area (Å²) in [6.07, 6.45) is 0.697. The molecule has 1 aliphatic rings. The third-order valence-corrected chi connectivity index (χ3v) is 3.46. The van der Waals surface area contributed by atoms with Crippen LogP contribution in [0.1, 0.15) is 27.2 Å². The first-order chi connectivity index (χ1) is 6.40. The van der Waals surface area contributed by atoms with Crippen molar-refractivity contribution in [3.8, 4) is 0 Å². The van der Waals surface area contributed by atoms with Crippen molar-refractivity contribution in [2.24, 2.45) is 11.1 Å². The van der Waals surface area contributed by atoms with E-state index in [9.17, 15) is 4.79 Å². The molecule has 0 aliphatic heterocycles. The monoisotopic (exact) mass is 200 g/mol. The van der Waals surface area contributed by atoms with E-state index in [1.54, 1.807) is 7.05 Å². The van der Waals surface area contributed by atoms with Gasteiger partial charge in [0.1, 0.15) is 5.54 Å². The number of hydrogen-bond acceptors (Lipinski definition) is 3. The van der Waals surface area contributed by atoms with E-state index >= 15 is 0 Å². The van der Waals surface area contributed by atoms with Crippen LogP contribution in [0.2, 0.25) is 0 Å². The second kappa shape index (κ2) is 3.51. The molecule has 0 radical (unpaired) electrons. The van der Waals surface area contributed by atoms with Gasteiger partial charge < -0.3 is 15.8 Å². The first-order valence-corrected chi connectivity index (χ1v) is 5.02. The molecule has 4 heteroatoms. The summed E-state index contributed by atoms with van der Waals surface area (Å²) in [5, 5.41) is 2.61. The summed E-state index contributed by atoms with van der Waals surface area (Å²) in [6, 6.07) is 0. The Hall–Kier alpha value is -0.610. The van der Waals surface area contributed by atoms with Gasteiger partial charge in [-0.05, 0) is 6.92 Å². The summed E-state index contributed by atoms with van der Waals surface area (Å²) in [4.78, 5) is 11.6. The van der Waals surface area contributed by atoms with Crippen LogP contribution in [0, 0.1) is 5.41 Å². The first-order valence-electron chi connectivity index (χ1n) is 5.02. The molecular weight excluding hydrogens is 180 g/mol. The highest BCUT2D eigenvalue weighted by Crippen LogP contribution is 2.49. The molecule has 1 amide bonds. The van der Waals surface area contributed by atoms with Gasteiger partial charge in [0, 0.05) is 25.5 Å². The molecule has 1 aliphatic carbocycles. The molecule has 1 saturated carbocycles. The molecule has 0 bridgehead atoms. The van der Waals surface area contributed by atoms with Gasteiger partial charge in [-0.2, -0.15) is 0 Å². The van der Waals surface area contributed by atoms with Crippen LogP contribution in [-0.2, 0) is 9.53 Å². The summed E-state index contributed by atoms with van der Waals surface area (Å²) in [5.41, 5.74) is 5.00. The molecule has 14 heavy (non-hydrogen) atoms. The molecule has 0 heterocycles. The molecule has 0 spiro atoms. The molecule has 2 unspecified atom stereocenters. The Morgan fingerprint density at radius 3 is 2.57 bits per heavy atom. The number of rotatable bonds is 3. The molecule has 1 fully saturated rings. The highest BCUT2D eigenvalue weighted by atomic mass is 16.5. The largest absolute Gasteiger partial charge is 0.378 e. The van der Waals surface area contributed by atoms with E-state index < -0.39 is 5.54 Å². The highest BCUT2D eigenvalue weighted by molar-refractivity contribution is 5.88. The normalized spacial score (nSPS) is 34.8. The SMILES string of the molecule is CCOC1CC(N)(C(=O)NC)C1(C)C. The molecule has 0 aromatic carbocycles. The van der Waals surface area contributed by atoms with Gasteiger partial charge in [0.05, 0.1) is 6.10 Å². The van der Waals surface area contributed by atoms with Crippen molar-refractivity contribution in [1.82, 2.24) is 5.32 Å². The zero-order chi connectivity index (χ0) is 11.0. The van der Waals surface area contributed by atoms with Gasteiger partial charge in [-0.3, -0.25) is 4.79 Å². The Bertz CT molecular complexity index is 240. The second-order valence-electron chi connectivity index (χ2n) is 4.42. The molecule has 4 nitrogen and oxygen atoms in total. The fourth-order valence-corrected chi connectivity index (χ4v) is 2.04. The molecule has 82 valence electrons. The third kappa shape index (κ3) is 1.33. The first kappa shape index (κ1) is 11.5. The number of hydrogen-bond donors (Lipinski definition) is 2. The highest BCUT2D eigenvalue weighted by Gasteiger charge is 2.62. The summed E-state index contributed by atoms with van der Waals surface area (Å²) < 4.78 is 5.52. The van der Waals surface area contributed by atoms with E-state index in [0.29, 0.717) is 13.0 Å². The van der Waals surface area contributed by atoms with Crippen LogP contribution in [0.15, 0.2) is 0 Å². The van der Waals surface area contributed by atoms with Gasteiger partial charge >= 0.3 is 0 Å². The fraction of sp³-hybridized carbons (Fsp3) is 0.900. The third-order valence-electron chi connectivity index (χ3n) is 3.46. The molecule has 0 aromatic heterocycles. The standard InChI is InChI=1S/C10H20N2O2/c1-5-14-7-6-10(11,8(13)12-4)9(7,2)3/h7H,5-6,11H2,1-4H3,(H,12,13). The Balaban J connectivity index is 2.74. The lowest BCUT2D eigenvalue weighted by Gasteiger charge is -2.57. The smallest absolute Gasteiger partial charge is 0.240 e. The molecule has 1 rings (SSSR count). The summed E-state index contributed by atoms with van der Waals surface area (Å²) in [7, 11) is 1.61. The van der Waals surface area contributed by atoms with Crippen molar-refractivity contribution >= 4 is 5.91 Å². The Morgan fingerprint density at radius 2 is 2.21 bits per heavy atom. The molecular formula is C10H20N2O2. The number of ether oxygens (including phenoxy) is 1.